The Balaban J connectivity index is 1.90. The van der Waals surface area contributed by atoms with Crippen LogP contribution in [0.4, 0.5) is 0 Å². The van der Waals surface area contributed by atoms with Gasteiger partial charge in [-0.05, 0) is 30.2 Å². The molecule has 2 aromatic carbocycles. The number of rotatable bonds is 6. The number of halogens is 1. The highest BCUT2D eigenvalue weighted by Gasteiger charge is 2.11. The van der Waals surface area contributed by atoms with E-state index in [0.717, 1.165) is 22.6 Å². The SMILES string of the molecule is CC(C)COc1ccccc1/C=C(/C#N)c1nc(-c2ccc(Cl)cc2)cs1. The van der Waals surface area contributed by atoms with E-state index in [1.807, 2.05) is 60.0 Å². The Kier molecular flexibility index (Phi) is 6.28. The summed E-state index contributed by atoms with van der Waals surface area (Å²) in [5.41, 5.74) is 3.19. The third-order valence-corrected chi connectivity index (χ3v) is 4.91. The maximum absolute atomic E-state index is 9.66. The molecule has 3 aromatic rings. The zero-order valence-corrected chi connectivity index (χ0v) is 16.7. The molecule has 1 aromatic heterocycles. The van der Waals surface area contributed by atoms with E-state index in [-0.39, 0.29) is 0 Å². The van der Waals surface area contributed by atoms with Crippen molar-refractivity contribution in [3.8, 4) is 23.1 Å². The van der Waals surface area contributed by atoms with Gasteiger partial charge in [0, 0.05) is 21.5 Å². The van der Waals surface area contributed by atoms with Crippen LogP contribution >= 0.6 is 22.9 Å². The van der Waals surface area contributed by atoms with E-state index in [0.29, 0.717) is 28.1 Å². The number of ether oxygens (including phenoxy) is 1. The van der Waals surface area contributed by atoms with Crippen molar-refractivity contribution in [1.82, 2.24) is 4.98 Å². The minimum Gasteiger partial charge on any atom is -0.493 e. The molecule has 3 nitrogen and oxygen atoms in total. The van der Waals surface area contributed by atoms with E-state index in [1.165, 1.54) is 11.3 Å². The third-order valence-electron chi connectivity index (χ3n) is 3.79. The molecule has 0 radical (unpaired) electrons. The monoisotopic (exact) mass is 394 g/mol. The van der Waals surface area contributed by atoms with Crippen molar-refractivity contribution in [3.05, 3.63) is 69.5 Å². The smallest absolute Gasteiger partial charge is 0.134 e. The number of allylic oxidation sites excluding steroid dienone is 1. The number of aromatic nitrogens is 1. The molecular formula is C22H19ClN2OS. The predicted octanol–water partition coefficient (Wildman–Crippen LogP) is 6.56. The molecule has 1 heterocycles. The molecule has 0 aliphatic carbocycles. The molecule has 0 aliphatic heterocycles. The lowest BCUT2D eigenvalue weighted by atomic mass is 10.1. The minimum atomic E-state index is 0.429. The van der Waals surface area contributed by atoms with Crippen LogP contribution in [0.2, 0.25) is 5.02 Å². The number of nitrogens with zero attached hydrogens (tertiary/aromatic N) is 2. The molecule has 27 heavy (non-hydrogen) atoms. The first-order valence-corrected chi connectivity index (χ1v) is 9.88. The van der Waals surface area contributed by atoms with Crippen molar-refractivity contribution in [2.75, 3.05) is 6.61 Å². The first-order valence-electron chi connectivity index (χ1n) is 8.62. The van der Waals surface area contributed by atoms with Crippen LogP contribution in [0.1, 0.15) is 24.4 Å². The number of benzene rings is 2. The van der Waals surface area contributed by atoms with Gasteiger partial charge in [-0.25, -0.2) is 4.98 Å². The van der Waals surface area contributed by atoms with Crippen molar-refractivity contribution >= 4 is 34.6 Å². The Hall–Kier alpha value is -2.61. The van der Waals surface area contributed by atoms with Crippen LogP contribution in [-0.4, -0.2) is 11.6 Å². The highest BCUT2D eigenvalue weighted by Crippen LogP contribution is 2.30. The van der Waals surface area contributed by atoms with Gasteiger partial charge in [0.25, 0.3) is 0 Å². The normalized spacial score (nSPS) is 11.4. The summed E-state index contributed by atoms with van der Waals surface area (Å²) in [4.78, 5) is 4.63. The van der Waals surface area contributed by atoms with Gasteiger partial charge < -0.3 is 4.74 Å². The van der Waals surface area contributed by atoms with E-state index < -0.39 is 0 Å². The summed E-state index contributed by atoms with van der Waals surface area (Å²) >= 11 is 7.39. The molecule has 0 fully saturated rings. The summed E-state index contributed by atoms with van der Waals surface area (Å²) < 4.78 is 5.88. The molecule has 0 N–H and O–H groups in total. The second kappa shape index (κ2) is 8.85. The van der Waals surface area contributed by atoms with Gasteiger partial charge in [-0.2, -0.15) is 5.26 Å². The average Bonchev–Trinajstić information content (AvgIpc) is 3.15. The Morgan fingerprint density at radius 3 is 2.67 bits per heavy atom. The minimum absolute atomic E-state index is 0.429. The largest absolute Gasteiger partial charge is 0.493 e. The van der Waals surface area contributed by atoms with Crippen molar-refractivity contribution in [2.45, 2.75) is 13.8 Å². The average molecular weight is 395 g/mol. The van der Waals surface area contributed by atoms with Crippen LogP contribution in [0.15, 0.2) is 53.9 Å². The molecule has 0 atom stereocenters. The van der Waals surface area contributed by atoms with Gasteiger partial charge >= 0.3 is 0 Å². The fourth-order valence-electron chi connectivity index (χ4n) is 2.44. The van der Waals surface area contributed by atoms with Crippen LogP contribution in [-0.2, 0) is 0 Å². The van der Waals surface area contributed by atoms with Gasteiger partial charge in [0.05, 0.1) is 17.9 Å². The van der Waals surface area contributed by atoms with E-state index in [4.69, 9.17) is 16.3 Å². The van der Waals surface area contributed by atoms with Crippen molar-refractivity contribution in [3.63, 3.8) is 0 Å². The maximum Gasteiger partial charge on any atom is 0.134 e. The summed E-state index contributed by atoms with van der Waals surface area (Å²) in [6.45, 7) is 4.84. The maximum atomic E-state index is 9.66. The molecule has 0 bridgehead atoms. The fraction of sp³-hybridized carbons (Fsp3) is 0.182. The predicted molar refractivity (Wildman–Crippen MR) is 113 cm³/mol. The molecule has 0 saturated heterocycles. The van der Waals surface area contributed by atoms with Crippen LogP contribution in [0.25, 0.3) is 22.9 Å². The van der Waals surface area contributed by atoms with E-state index in [1.54, 1.807) is 0 Å². The summed E-state index contributed by atoms with van der Waals surface area (Å²) in [5, 5.41) is 13.0. The van der Waals surface area contributed by atoms with Crippen LogP contribution in [0.3, 0.4) is 0 Å². The number of para-hydroxylation sites is 1. The van der Waals surface area contributed by atoms with Gasteiger partial charge in [-0.1, -0.05) is 55.8 Å². The number of nitriles is 1. The Morgan fingerprint density at radius 1 is 1.22 bits per heavy atom. The van der Waals surface area contributed by atoms with E-state index >= 15 is 0 Å². The molecule has 0 spiro atoms. The molecule has 0 saturated carbocycles. The standard InChI is InChI=1S/C22H19ClN2OS/c1-15(2)13-26-21-6-4-3-5-17(21)11-18(12-24)22-25-20(14-27-22)16-7-9-19(23)10-8-16/h3-11,14-15H,13H2,1-2H3/b18-11-. The van der Waals surface area contributed by atoms with E-state index in [2.05, 4.69) is 24.9 Å². The van der Waals surface area contributed by atoms with Gasteiger partial charge in [0.1, 0.15) is 16.8 Å². The highest BCUT2D eigenvalue weighted by molar-refractivity contribution is 7.11. The summed E-state index contributed by atoms with van der Waals surface area (Å²) in [6.07, 6.45) is 1.83. The zero-order valence-electron chi connectivity index (χ0n) is 15.1. The zero-order chi connectivity index (χ0) is 19.2. The molecule has 0 aliphatic rings. The fourth-order valence-corrected chi connectivity index (χ4v) is 3.36. The Labute approximate surface area is 168 Å². The molecule has 136 valence electrons. The topological polar surface area (TPSA) is 45.9 Å². The lowest BCUT2D eigenvalue weighted by Crippen LogP contribution is -2.05. The second-order valence-corrected chi connectivity index (χ2v) is 7.75. The second-order valence-electron chi connectivity index (χ2n) is 6.46. The van der Waals surface area contributed by atoms with Crippen molar-refractivity contribution < 1.29 is 4.74 Å². The molecule has 5 heteroatoms. The van der Waals surface area contributed by atoms with Crippen molar-refractivity contribution in [1.29, 1.82) is 5.26 Å². The van der Waals surface area contributed by atoms with Gasteiger partial charge in [0.2, 0.25) is 0 Å². The third kappa shape index (κ3) is 4.97. The first-order chi connectivity index (χ1) is 13.1. The number of thiazole rings is 1. The number of hydrogen-bond donors (Lipinski definition) is 0. The molecule has 0 amide bonds. The van der Waals surface area contributed by atoms with Crippen LogP contribution in [0, 0.1) is 17.2 Å². The summed E-state index contributed by atoms with van der Waals surface area (Å²) in [5.74, 6) is 1.20. The van der Waals surface area contributed by atoms with Gasteiger partial charge in [-0.3, -0.25) is 0 Å². The van der Waals surface area contributed by atoms with Crippen LogP contribution in [0.5, 0.6) is 5.75 Å². The first kappa shape index (κ1) is 19.2. The summed E-state index contributed by atoms with van der Waals surface area (Å²) in [6, 6.07) is 17.5. The molecule has 0 unspecified atom stereocenters. The highest BCUT2D eigenvalue weighted by atomic mass is 35.5. The quantitative estimate of drug-likeness (QED) is 0.444. The van der Waals surface area contributed by atoms with Gasteiger partial charge in [-0.15, -0.1) is 11.3 Å². The summed E-state index contributed by atoms with van der Waals surface area (Å²) in [7, 11) is 0. The van der Waals surface area contributed by atoms with Crippen molar-refractivity contribution in [2.24, 2.45) is 5.92 Å². The van der Waals surface area contributed by atoms with Crippen LogP contribution < -0.4 is 4.74 Å². The molecule has 3 rings (SSSR count). The Morgan fingerprint density at radius 2 is 1.96 bits per heavy atom. The Bertz CT molecular complexity index is 984. The molecular weight excluding hydrogens is 376 g/mol. The van der Waals surface area contributed by atoms with E-state index in [9.17, 15) is 5.26 Å². The lowest BCUT2D eigenvalue weighted by molar-refractivity contribution is 0.270. The number of hydrogen-bond acceptors (Lipinski definition) is 4. The lowest BCUT2D eigenvalue weighted by Gasteiger charge is -2.11. The van der Waals surface area contributed by atoms with Gasteiger partial charge in [0.15, 0.2) is 0 Å².